The Morgan fingerprint density at radius 2 is 1.78 bits per heavy atom. The number of likely N-dealkylation sites (tertiary alicyclic amines) is 1. The summed E-state index contributed by atoms with van der Waals surface area (Å²) in [5.41, 5.74) is 2.89. The molecule has 1 N–H and O–H groups in total. The number of benzene rings is 1. The Labute approximate surface area is 139 Å². The van der Waals surface area contributed by atoms with Crippen LogP contribution in [0.4, 0.5) is 0 Å². The van der Waals surface area contributed by atoms with Crippen molar-refractivity contribution in [2.45, 2.75) is 57.3 Å². The Morgan fingerprint density at radius 1 is 1.04 bits per heavy atom. The van der Waals surface area contributed by atoms with Crippen LogP contribution in [0.2, 0.25) is 0 Å². The maximum atomic E-state index is 11.1. The second kappa shape index (κ2) is 7.96. The summed E-state index contributed by atoms with van der Waals surface area (Å²) >= 11 is 0. The first-order chi connectivity index (χ1) is 11.2. The van der Waals surface area contributed by atoms with Crippen LogP contribution in [-0.4, -0.2) is 35.6 Å². The first kappa shape index (κ1) is 16.5. The van der Waals surface area contributed by atoms with Gasteiger partial charge in [-0.25, -0.2) is 0 Å². The van der Waals surface area contributed by atoms with E-state index in [4.69, 9.17) is 5.11 Å². The number of piperidine rings is 1. The van der Waals surface area contributed by atoms with Crippen molar-refractivity contribution in [1.82, 2.24) is 4.90 Å². The molecule has 2 fully saturated rings. The lowest BCUT2D eigenvalue weighted by Crippen LogP contribution is -2.39. The molecule has 1 saturated heterocycles. The third-order valence-corrected chi connectivity index (χ3v) is 5.63. The third-order valence-electron chi connectivity index (χ3n) is 5.63. The number of rotatable bonds is 5. The SMILES string of the molecule is O=C(O)C1CCCN(CCc2ccc(C3CCCCC3)cc2)C1. The van der Waals surface area contributed by atoms with Crippen LogP contribution in [0.25, 0.3) is 0 Å². The van der Waals surface area contributed by atoms with Crippen LogP contribution in [-0.2, 0) is 11.2 Å². The summed E-state index contributed by atoms with van der Waals surface area (Å²) in [5.74, 6) is -0.0276. The number of carboxylic acid groups (broad SMARTS) is 1. The number of carboxylic acids is 1. The summed E-state index contributed by atoms with van der Waals surface area (Å²) in [6.45, 7) is 2.74. The lowest BCUT2D eigenvalue weighted by molar-refractivity contribution is -0.143. The van der Waals surface area contributed by atoms with E-state index in [2.05, 4.69) is 29.2 Å². The van der Waals surface area contributed by atoms with E-state index < -0.39 is 5.97 Å². The molecule has 2 aliphatic rings. The topological polar surface area (TPSA) is 40.5 Å². The van der Waals surface area contributed by atoms with Gasteiger partial charge in [0, 0.05) is 13.1 Å². The fourth-order valence-corrected chi connectivity index (χ4v) is 4.14. The minimum Gasteiger partial charge on any atom is -0.481 e. The molecule has 3 rings (SSSR count). The summed E-state index contributed by atoms with van der Waals surface area (Å²) in [7, 11) is 0. The van der Waals surface area contributed by atoms with Crippen molar-refractivity contribution >= 4 is 5.97 Å². The van der Waals surface area contributed by atoms with E-state index in [1.807, 2.05) is 0 Å². The number of aliphatic carboxylic acids is 1. The molecule has 23 heavy (non-hydrogen) atoms. The van der Waals surface area contributed by atoms with Gasteiger partial charge in [-0.3, -0.25) is 4.79 Å². The van der Waals surface area contributed by atoms with Crippen LogP contribution in [0.1, 0.15) is 62.0 Å². The predicted molar refractivity (Wildman–Crippen MR) is 92.8 cm³/mol. The molecule has 1 aromatic rings. The monoisotopic (exact) mass is 315 g/mol. The van der Waals surface area contributed by atoms with Crippen LogP contribution in [0.15, 0.2) is 24.3 Å². The van der Waals surface area contributed by atoms with Crippen molar-refractivity contribution in [3.63, 3.8) is 0 Å². The van der Waals surface area contributed by atoms with Crippen molar-refractivity contribution in [1.29, 1.82) is 0 Å². The second-order valence-corrected chi connectivity index (χ2v) is 7.30. The van der Waals surface area contributed by atoms with E-state index >= 15 is 0 Å². The van der Waals surface area contributed by atoms with E-state index in [-0.39, 0.29) is 5.92 Å². The minimum absolute atomic E-state index is 0.169. The highest BCUT2D eigenvalue weighted by Gasteiger charge is 2.24. The van der Waals surface area contributed by atoms with Crippen molar-refractivity contribution in [2.24, 2.45) is 5.92 Å². The highest BCUT2D eigenvalue weighted by atomic mass is 16.4. The highest BCUT2D eigenvalue weighted by molar-refractivity contribution is 5.70. The molecule has 1 saturated carbocycles. The fourth-order valence-electron chi connectivity index (χ4n) is 4.14. The Morgan fingerprint density at radius 3 is 2.48 bits per heavy atom. The van der Waals surface area contributed by atoms with E-state index in [9.17, 15) is 4.79 Å². The minimum atomic E-state index is -0.633. The third kappa shape index (κ3) is 4.57. The number of hydrogen-bond acceptors (Lipinski definition) is 2. The molecule has 1 aliphatic heterocycles. The molecule has 126 valence electrons. The normalized spacial score (nSPS) is 23.7. The largest absolute Gasteiger partial charge is 0.481 e. The number of hydrogen-bond donors (Lipinski definition) is 1. The second-order valence-electron chi connectivity index (χ2n) is 7.30. The fraction of sp³-hybridized carbons (Fsp3) is 0.650. The molecule has 0 spiro atoms. The van der Waals surface area contributed by atoms with Crippen LogP contribution in [0.5, 0.6) is 0 Å². The van der Waals surface area contributed by atoms with Crippen molar-refractivity contribution in [2.75, 3.05) is 19.6 Å². The number of nitrogens with zero attached hydrogens (tertiary/aromatic N) is 1. The molecule has 0 amide bonds. The summed E-state index contributed by atoms with van der Waals surface area (Å²) in [6, 6.07) is 9.20. The van der Waals surface area contributed by atoms with Gasteiger partial charge >= 0.3 is 5.97 Å². The van der Waals surface area contributed by atoms with Gasteiger partial charge in [0.25, 0.3) is 0 Å². The summed E-state index contributed by atoms with van der Waals surface area (Å²) in [4.78, 5) is 13.5. The molecule has 1 aliphatic carbocycles. The first-order valence-corrected chi connectivity index (χ1v) is 9.26. The Hall–Kier alpha value is -1.35. The van der Waals surface area contributed by atoms with Gasteiger partial charge in [0.2, 0.25) is 0 Å². The van der Waals surface area contributed by atoms with Gasteiger partial charge in [0.1, 0.15) is 0 Å². The van der Waals surface area contributed by atoms with Gasteiger partial charge < -0.3 is 10.0 Å². The van der Waals surface area contributed by atoms with Gasteiger partial charge in [-0.05, 0) is 55.7 Å². The molecular weight excluding hydrogens is 286 g/mol. The lowest BCUT2D eigenvalue weighted by atomic mass is 9.84. The van der Waals surface area contributed by atoms with E-state index in [1.165, 1.54) is 43.2 Å². The molecule has 3 heteroatoms. The molecule has 3 nitrogen and oxygen atoms in total. The molecular formula is C20H29NO2. The zero-order valence-corrected chi connectivity index (χ0v) is 14.0. The highest BCUT2D eigenvalue weighted by Crippen LogP contribution is 2.32. The van der Waals surface area contributed by atoms with Crippen LogP contribution in [0, 0.1) is 5.92 Å². The molecule has 0 bridgehead atoms. The first-order valence-electron chi connectivity index (χ1n) is 9.26. The van der Waals surface area contributed by atoms with Gasteiger partial charge in [0.05, 0.1) is 5.92 Å². The van der Waals surface area contributed by atoms with E-state index in [0.717, 1.165) is 44.8 Å². The van der Waals surface area contributed by atoms with Gasteiger partial charge in [0.15, 0.2) is 0 Å². The maximum Gasteiger partial charge on any atom is 0.307 e. The van der Waals surface area contributed by atoms with Gasteiger partial charge in [-0.15, -0.1) is 0 Å². The van der Waals surface area contributed by atoms with Crippen molar-refractivity contribution in [3.05, 3.63) is 35.4 Å². The average molecular weight is 315 g/mol. The smallest absolute Gasteiger partial charge is 0.307 e. The zero-order chi connectivity index (χ0) is 16.1. The lowest BCUT2D eigenvalue weighted by Gasteiger charge is -2.30. The van der Waals surface area contributed by atoms with Gasteiger partial charge in [-0.1, -0.05) is 43.5 Å². The Balaban J connectivity index is 1.49. The standard InChI is InChI=1S/C20H29NO2/c22-20(23)19-7-4-13-21(15-19)14-12-16-8-10-18(11-9-16)17-5-2-1-3-6-17/h8-11,17,19H,1-7,12-15H2,(H,22,23). The van der Waals surface area contributed by atoms with Crippen LogP contribution in [0.3, 0.4) is 0 Å². The van der Waals surface area contributed by atoms with Crippen molar-refractivity contribution < 1.29 is 9.90 Å². The summed E-state index contributed by atoms with van der Waals surface area (Å²) in [6.07, 6.45) is 9.74. The number of carbonyl (C=O) groups is 1. The zero-order valence-electron chi connectivity index (χ0n) is 14.0. The van der Waals surface area contributed by atoms with Gasteiger partial charge in [-0.2, -0.15) is 0 Å². The summed E-state index contributed by atoms with van der Waals surface area (Å²) < 4.78 is 0. The summed E-state index contributed by atoms with van der Waals surface area (Å²) in [5, 5.41) is 9.17. The molecule has 1 unspecified atom stereocenters. The van der Waals surface area contributed by atoms with Crippen molar-refractivity contribution in [3.8, 4) is 0 Å². The van der Waals surface area contributed by atoms with Crippen LogP contribution >= 0.6 is 0 Å². The van der Waals surface area contributed by atoms with E-state index in [1.54, 1.807) is 0 Å². The predicted octanol–water partition coefficient (Wildman–Crippen LogP) is 4.07. The molecule has 1 aromatic carbocycles. The molecule has 1 atom stereocenters. The average Bonchev–Trinajstić information content (AvgIpc) is 2.61. The molecule has 0 aromatic heterocycles. The van der Waals surface area contributed by atoms with Crippen LogP contribution < -0.4 is 0 Å². The Bertz CT molecular complexity index is 505. The molecule has 0 radical (unpaired) electrons. The quantitative estimate of drug-likeness (QED) is 0.890. The maximum absolute atomic E-state index is 11.1. The Kier molecular flexibility index (Phi) is 5.71. The van der Waals surface area contributed by atoms with E-state index in [0.29, 0.717) is 0 Å². The molecule has 1 heterocycles.